The van der Waals surface area contributed by atoms with Crippen LogP contribution in [-0.4, -0.2) is 36.3 Å². The van der Waals surface area contributed by atoms with Gasteiger partial charge in [0.15, 0.2) is 0 Å². The summed E-state index contributed by atoms with van der Waals surface area (Å²) in [5.74, 6) is -0.414. The summed E-state index contributed by atoms with van der Waals surface area (Å²) in [6.45, 7) is 0. The topological polar surface area (TPSA) is 88.7 Å². The minimum Gasteiger partial charge on any atom is -0.497 e. The van der Waals surface area contributed by atoms with Crippen molar-refractivity contribution in [1.29, 1.82) is 0 Å². The number of aromatic nitrogens is 1. The third kappa shape index (κ3) is 3.07. The van der Waals surface area contributed by atoms with Crippen LogP contribution in [-0.2, 0) is 9.59 Å². The maximum Gasteiger partial charge on any atom is 0.305 e. The number of anilines is 1. The van der Waals surface area contributed by atoms with Crippen molar-refractivity contribution in [3.05, 3.63) is 68.6 Å². The molecule has 0 saturated carbocycles. The molecule has 1 aromatic heterocycles. The standard InChI is InChI=1S/C22H18N2O5S2/c1-28-12-9-7-11(8-10-12)24-20(25)16-15(13-5-3-4-6-14(13)29-2)17-19(23-22(27)31-17)30-18(16)21(24)26/h3-10,15-16,18H,1-2H3,(H,23,27)/t15-,16-,18+/m0/s1. The van der Waals surface area contributed by atoms with Crippen LogP contribution in [0.3, 0.4) is 0 Å². The van der Waals surface area contributed by atoms with Crippen LogP contribution in [0.15, 0.2) is 58.4 Å². The molecule has 0 unspecified atom stereocenters. The monoisotopic (exact) mass is 454 g/mol. The fourth-order valence-electron chi connectivity index (χ4n) is 4.26. The zero-order chi connectivity index (χ0) is 21.7. The first-order valence-corrected chi connectivity index (χ1v) is 11.3. The normalized spacial score (nSPS) is 22.3. The smallest absolute Gasteiger partial charge is 0.305 e. The average molecular weight is 455 g/mol. The molecule has 0 radical (unpaired) electrons. The molecule has 158 valence electrons. The van der Waals surface area contributed by atoms with Gasteiger partial charge in [-0.2, -0.15) is 0 Å². The molecule has 3 aromatic rings. The minimum absolute atomic E-state index is 0.204. The first kappa shape index (κ1) is 19.9. The molecule has 0 bridgehead atoms. The van der Waals surface area contributed by atoms with E-state index in [-0.39, 0.29) is 16.7 Å². The van der Waals surface area contributed by atoms with E-state index in [1.807, 2.05) is 24.3 Å². The van der Waals surface area contributed by atoms with Crippen molar-refractivity contribution < 1.29 is 19.1 Å². The second-order valence-electron chi connectivity index (χ2n) is 7.20. The predicted molar refractivity (Wildman–Crippen MR) is 118 cm³/mol. The minimum atomic E-state index is -0.644. The van der Waals surface area contributed by atoms with E-state index < -0.39 is 17.1 Å². The maximum absolute atomic E-state index is 13.6. The van der Waals surface area contributed by atoms with Gasteiger partial charge in [0.05, 0.1) is 30.9 Å². The lowest BCUT2D eigenvalue weighted by molar-refractivity contribution is -0.122. The summed E-state index contributed by atoms with van der Waals surface area (Å²) in [5, 5.41) is 0.00662. The van der Waals surface area contributed by atoms with Crippen LogP contribution in [0.5, 0.6) is 11.5 Å². The molecule has 7 nitrogen and oxygen atoms in total. The molecule has 0 aliphatic carbocycles. The Hall–Kier alpha value is -3.04. The van der Waals surface area contributed by atoms with Crippen molar-refractivity contribution in [3.8, 4) is 11.5 Å². The third-order valence-corrected chi connectivity index (χ3v) is 8.03. The maximum atomic E-state index is 13.6. The molecule has 2 aromatic carbocycles. The SMILES string of the molecule is COc1ccc(N2C(=O)[C@H]3[C@H](c4ccccc4OC)c4sc(=O)[nH]c4S[C@H]3C2=O)cc1. The lowest BCUT2D eigenvalue weighted by Crippen LogP contribution is -2.32. The van der Waals surface area contributed by atoms with Crippen molar-refractivity contribution in [1.82, 2.24) is 4.98 Å². The molecule has 1 saturated heterocycles. The summed E-state index contributed by atoms with van der Waals surface area (Å²) in [6.07, 6.45) is 0. The van der Waals surface area contributed by atoms with E-state index in [9.17, 15) is 14.4 Å². The molecular formula is C22H18N2O5S2. The Labute approximate surface area is 186 Å². The van der Waals surface area contributed by atoms with Gasteiger partial charge in [-0.3, -0.25) is 14.4 Å². The third-order valence-electron chi connectivity index (χ3n) is 5.63. The Bertz CT molecular complexity index is 1230. The van der Waals surface area contributed by atoms with Crippen molar-refractivity contribution in [2.45, 2.75) is 16.2 Å². The van der Waals surface area contributed by atoms with E-state index in [0.717, 1.165) is 21.8 Å². The first-order chi connectivity index (χ1) is 15.0. The number of rotatable bonds is 4. The summed E-state index contributed by atoms with van der Waals surface area (Å²) in [6, 6.07) is 14.3. The molecule has 1 fully saturated rings. The number of H-pyrrole nitrogens is 1. The Morgan fingerprint density at radius 1 is 0.935 bits per heavy atom. The molecule has 2 amide bonds. The second-order valence-corrected chi connectivity index (χ2v) is 9.37. The number of imide groups is 1. The highest BCUT2D eigenvalue weighted by Gasteiger charge is 2.56. The summed E-state index contributed by atoms with van der Waals surface area (Å²) in [4.78, 5) is 43.8. The molecule has 31 heavy (non-hydrogen) atoms. The first-order valence-electron chi connectivity index (χ1n) is 9.58. The van der Waals surface area contributed by atoms with Gasteiger partial charge in [-0.05, 0) is 30.3 Å². The summed E-state index contributed by atoms with van der Waals surface area (Å²) >= 11 is 2.34. The number of nitrogens with zero attached hydrogens (tertiary/aromatic N) is 1. The number of carbonyl (C=O) groups excluding carboxylic acids is 2. The van der Waals surface area contributed by atoms with Crippen LogP contribution < -0.4 is 19.2 Å². The Kier molecular flexibility index (Phi) is 4.86. The summed E-state index contributed by atoms with van der Waals surface area (Å²) in [7, 11) is 3.13. The predicted octanol–water partition coefficient (Wildman–Crippen LogP) is 3.25. The number of para-hydroxylation sites is 1. The van der Waals surface area contributed by atoms with Gasteiger partial charge in [0.25, 0.3) is 0 Å². The molecule has 2 aliphatic heterocycles. The van der Waals surface area contributed by atoms with Gasteiger partial charge < -0.3 is 14.5 Å². The van der Waals surface area contributed by atoms with E-state index in [2.05, 4.69) is 4.98 Å². The Morgan fingerprint density at radius 3 is 2.39 bits per heavy atom. The molecule has 2 aliphatic rings. The Balaban J connectivity index is 1.65. The fourth-order valence-corrected chi connectivity index (χ4v) is 6.77. The second kappa shape index (κ2) is 7.58. The zero-order valence-corrected chi connectivity index (χ0v) is 18.3. The summed E-state index contributed by atoms with van der Waals surface area (Å²) in [5.41, 5.74) is 1.29. The van der Waals surface area contributed by atoms with E-state index >= 15 is 0 Å². The average Bonchev–Trinajstić information content (AvgIpc) is 3.28. The van der Waals surface area contributed by atoms with Crippen molar-refractivity contribution in [2.24, 2.45) is 5.92 Å². The van der Waals surface area contributed by atoms with Crippen molar-refractivity contribution in [3.63, 3.8) is 0 Å². The number of benzene rings is 2. The van der Waals surface area contributed by atoms with Crippen LogP contribution >= 0.6 is 23.1 Å². The van der Waals surface area contributed by atoms with Gasteiger partial charge in [0.1, 0.15) is 16.7 Å². The molecule has 9 heteroatoms. The fraction of sp³-hybridized carbons (Fsp3) is 0.227. The van der Waals surface area contributed by atoms with Gasteiger partial charge in [-0.1, -0.05) is 41.3 Å². The number of ether oxygens (including phenoxy) is 2. The van der Waals surface area contributed by atoms with Gasteiger partial charge in [0, 0.05) is 16.4 Å². The number of methoxy groups -OCH3 is 2. The van der Waals surface area contributed by atoms with Crippen LogP contribution in [0.2, 0.25) is 0 Å². The zero-order valence-electron chi connectivity index (χ0n) is 16.7. The van der Waals surface area contributed by atoms with E-state index in [4.69, 9.17) is 9.47 Å². The largest absolute Gasteiger partial charge is 0.497 e. The van der Waals surface area contributed by atoms with Crippen LogP contribution in [0, 0.1) is 5.92 Å². The highest BCUT2D eigenvalue weighted by molar-refractivity contribution is 8.00. The molecule has 3 atom stereocenters. The van der Waals surface area contributed by atoms with E-state index in [1.54, 1.807) is 38.5 Å². The number of nitrogens with one attached hydrogen (secondary N) is 1. The van der Waals surface area contributed by atoms with Crippen molar-refractivity contribution >= 4 is 40.6 Å². The number of thioether (sulfide) groups is 1. The highest BCUT2D eigenvalue weighted by Crippen LogP contribution is 2.54. The van der Waals surface area contributed by atoms with E-state index in [1.165, 1.54) is 16.7 Å². The van der Waals surface area contributed by atoms with Gasteiger partial charge in [-0.25, -0.2) is 4.90 Å². The van der Waals surface area contributed by atoms with Crippen LogP contribution in [0.4, 0.5) is 5.69 Å². The molecule has 0 spiro atoms. The van der Waals surface area contributed by atoms with Gasteiger partial charge in [-0.15, -0.1) is 0 Å². The van der Waals surface area contributed by atoms with Crippen LogP contribution in [0.25, 0.3) is 0 Å². The molecular weight excluding hydrogens is 436 g/mol. The molecule has 5 rings (SSSR count). The summed E-state index contributed by atoms with van der Waals surface area (Å²) < 4.78 is 10.7. The number of aromatic amines is 1. The number of hydrogen-bond acceptors (Lipinski definition) is 7. The molecule has 3 heterocycles. The molecule has 1 N–H and O–H groups in total. The highest BCUT2D eigenvalue weighted by atomic mass is 32.2. The lowest BCUT2D eigenvalue weighted by Gasteiger charge is -2.30. The van der Waals surface area contributed by atoms with Gasteiger partial charge >= 0.3 is 4.87 Å². The number of amides is 2. The number of thiazole rings is 1. The Morgan fingerprint density at radius 2 is 1.68 bits per heavy atom. The lowest BCUT2D eigenvalue weighted by atomic mass is 9.82. The van der Waals surface area contributed by atoms with Crippen LogP contribution in [0.1, 0.15) is 16.4 Å². The number of carbonyl (C=O) groups is 2. The van der Waals surface area contributed by atoms with Gasteiger partial charge in [0.2, 0.25) is 11.8 Å². The number of fused-ring (bicyclic) bond motifs is 2. The van der Waals surface area contributed by atoms with E-state index in [0.29, 0.717) is 22.2 Å². The quantitative estimate of drug-likeness (QED) is 0.609. The number of hydrogen-bond donors (Lipinski definition) is 1. The van der Waals surface area contributed by atoms with Crippen molar-refractivity contribution in [2.75, 3.05) is 19.1 Å².